The SMILES string of the molecule is Cc1ccccc1CN1C(=O)/C(=C/c2ccc(C(=O)NCCCN3CCCC(C)C3)cc2)Sc2ccccc21. The van der Waals surface area contributed by atoms with E-state index in [1.165, 1.54) is 43.3 Å². The Bertz CT molecular complexity index is 1350. The molecule has 0 saturated carbocycles. The zero-order valence-electron chi connectivity index (χ0n) is 22.9. The maximum absolute atomic E-state index is 13.6. The van der Waals surface area contributed by atoms with E-state index in [-0.39, 0.29) is 11.8 Å². The third-order valence-corrected chi connectivity index (χ3v) is 8.65. The van der Waals surface area contributed by atoms with E-state index in [1.54, 1.807) is 0 Å². The normalized spacial score (nSPS) is 18.7. The van der Waals surface area contributed by atoms with Gasteiger partial charge in [-0.15, -0.1) is 0 Å². The smallest absolute Gasteiger partial charge is 0.265 e. The van der Waals surface area contributed by atoms with Crippen LogP contribution in [0.25, 0.3) is 6.08 Å². The highest BCUT2D eigenvalue weighted by Gasteiger charge is 2.29. The zero-order chi connectivity index (χ0) is 27.2. The number of aryl methyl sites for hydroxylation is 1. The monoisotopic (exact) mass is 539 g/mol. The summed E-state index contributed by atoms with van der Waals surface area (Å²) in [5.74, 6) is 0.713. The van der Waals surface area contributed by atoms with Gasteiger partial charge in [0.25, 0.3) is 11.8 Å². The average Bonchev–Trinajstić information content (AvgIpc) is 2.94. The molecular formula is C33H37N3O2S. The molecule has 1 atom stereocenters. The number of likely N-dealkylation sites (tertiary alicyclic amines) is 1. The summed E-state index contributed by atoms with van der Waals surface area (Å²) >= 11 is 1.50. The van der Waals surface area contributed by atoms with Gasteiger partial charge in [0.15, 0.2) is 0 Å². The molecule has 1 fully saturated rings. The number of hydrogen-bond acceptors (Lipinski definition) is 4. The Morgan fingerprint density at radius 2 is 1.82 bits per heavy atom. The summed E-state index contributed by atoms with van der Waals surface area (Å²) in [6.45, 7) is 8.97. The Kier molecular flexibility index (Phi) is 8.84. The Morgan fingerprint density at radius 1 is 1.05 bits per heavy atom. The highest BCUT2D eigenvalue weighted by molar-refractivity contribution is 8.04. The number of carbonyl (C=O) groups excluding carboxylic acids is 2. The number of thioether (sulfide) groups is 1. The second-order valence-electron chi connectivity index (χ2n) is 10.7. The lowest BCUT2D eigenvalue weighted by molar-refractivity contribution is -0.114. The molecule has 39 heavy (non-hydrogen) atoms. The average molecular weight is 540 g/mol. The Labute approximate surface area is 236 Å². The van der Waals surface area contributed by atoms with Gasteiger partial charge in [0.05, 0.1) is 17.1 Å². The van der Waals surface area contributed by atoms with Crippen molar-refractivity contribution in [1.82, 2.24) is 10.2 Å². The molecule has 3 aromatic rings. The molecule has 5 rings (SSSR count). The van der Waals surface area contributed by atoms with Gasteiger partial charge in [0.1, 0.15) is 0 Å². The van der Waals surface area contributed by atoms with Gasteiger partial charge in [-0.2, -0.15) is 0 Å². The predicted octanol–water partition coefficient (Wildman–Crippen LogP) is 6.53. The molecule has 5 nitrogen and oxygen atoms in total. The topological polar surface area (TPSA) is 52.7 Å². The number of para-hydroxylation sites is 1. The van der Waals surface area contributed by atoms with Crippen LogP contribution in [0.3, 0.4) is 0 Å². The fraction of sp³-hybridized carbons (Fsp3) is 0.333. The second kappa shape index (κ2) is 12.7. The Morgan fingerprint density at radius 3 is 2.62 bits per heavy atom. The van der Waals surface area contributed by atoms with Crippen molar-refractivity contribution < 1.29 is 9.59 Å². The van der Waals surface area contributed by atoms with Crippen LogP contribution in [0, 0.1) is 12.8 Å². The third kappa shape index (κ3) is 6.81. The summed E-state index contributed by atoms with van der Waals surface area (Å²) in [7, 11) is 0. The second-order valence-corrected chi connectivity index (χ2v) is 11.8. The maximum Gasteiger partial charge on any atom is 0.265 e. The lowest BCUT2D eigenvalue weighted by Gasteiger charge is -2.31. The number of carbonyl (C=O) groups is 2. The van der Waals surface area contributed by atoms with Crippen molar-refractivity contribution >= 4 is 35.3 Å². The molecule has 1 saturated heterocycles. The molecule has 0 aromatic heterocycles. The van der Waals surface area contributed by atoms with Crippen molar-refractivity contribution in [1.29, 1.82) is 0 Å². The minimum atomic E-state index is -0.0531. The zero-order valence-corrected chi connectivity index (χ0v) is 23.7. The van der Waals surface area contributed by atoms with Gasteiger partial charge in [-0.3, -0.25) is 9.59 Å². The molecule has 2 aliphatic heterocycles. The van der Waals surface area contributed by atoms with E-state index >= 15 is 0 Å². The van der Waals surface area contributed by atoms with Crippen LogP contribution < -0.4 is 10.2 Å². The third-order valence-electron chi connectivity index (χ3n) is 7.57. The van der Waals surface area contributed by atoms with Crippen LogP contribution in [-0.4, -0.2) is 42.9 Å². The van der Waals surface area contributed by atoms with E-state index in [2.05, 4.69) is 42.3 Å². The highest BCUT2D eigenvalue weighted by atomic mass is 32.2. The standard InChI is InChI=1S/C33H37N3O2S/c1-24-9-7-19-35(22-24)20-8-18-34-32(37)27-16-14-26(15-17-27)21-31-33(38)36(23-28-11-4-3-10-25(28)2)29-12-5-6-13-30(29)39-31/h3-6,10-17,21,24H,7-9,18-20,22-23H2,1-2H3,(H,34,37)/b31-21-. The van der Waals surface area contributed by atoms with Crippen molar-refractivity contribution in [3.05, 3.63) is 100.0 Å². The molecule has 1 unspecified atom stereocenters. The molecule has 3 aromatic carbocycles. The molecule has 0 spiro atoms. The van der Waals surface area contributed by atoms with Crippen molar-refractivity contribution in [2.75, 3.05) is 31.1 Å². The number of anilines is 1. The largest absolute Gasteiger partial charge is 0.352 e. The lowest BCUT2D eigenvalue weighted by atomic mass is 10.0. The number of nitrogens with zero attached hydrogens (tertiary/aromatic N) is 2. The minimum absolute atomic E-state index is 0.00753. The van der Waals surface area contributed by atoms with Gasteiger partial charge >= 0.3 is 0 Å². The van der Waals surface area contributed by atoms with E-state index in [1.807, 2.05) is 65.6 Å². The summed E-state index contributed by atoms with van der Waals surface area (Å²) in [6, 6.07) is 23.7. The van der Waals surface area contributed by atoms with Crippen LogP contribution in [0.15, 0.2) is 82.6 Å². The molecule has 0 aliphatic carbocycles. The van der Waals surface area contributed by atoms with Crippen molar-refractivity contribution in [3.63, 3.8) is 0 Å². The maximum atomic E-state index is 13.6. The molecule has 6 heteroatoms. The van der Waals surface area contributed by atoms with E-state index in [0.29, 0.717) is 23.6 Å². The van der Waals surface area contributed by atoms with Crippen LogP contribution >= 0.6 is 11.8 Å². The number of nitrogens with one attached hydrogen (secondary N) is 1. The van der Waals surface area contributed by atoms with E-state index in [4.69, 9.17) is 0 Å². The van der Waals surface area contributed by atoms with Crippen molar-refractivity contribution in [2.45, 2.75) is 44.6 Å². The van der Waals surface area contributed by atoms with Crippen molar-refractivity contribution in [3.8, 4) is 0 Å². The molecule has 1 N–H and O–H groups in total. The predicted molar refractivity (Wildman–Crippen MR) is 161 cm³/mol. The summed E-state index contributed by atoms with van der Waals surface area (Å²) in [6.07, 6.45) is 5.49. The molecule has 0 bridgehead atoms. The van der Waals surface area contributed by atoms with Gasteiger partial charge in [-0.1, -0.05) is 67.2 Å². The Balaban J connectivity index is 1.23. The Hall–Kier alpha value is -3.35. The molecule has 2 aliphatic rings. The quantitative estimate of drug-likeness (QED) is 0.261. The summed E-state index contributed by atoms with van der Waals surface area (Å²) in [4.78, 5) is 32.4. The van der Waals surface area contributed by atoms with Crippen LogP contribution in [-0.2, 0) is 11.3 Å². The molecular weight excluding hydrogens is 502 g/mol. The number of amides is 2. The first kappa shape index (κ1) is 27.2. The van der Waals surface area contributed by atoms with Crippen LogP contribution in [0.2, 0.25) is 0 Å². The van der Waals surface area contributed by atoms with Gasteiger partial charge in [-0.05, 0) is 92.2 Å². The first-order chi connectivity index (χ1) is 19.0. The molecule has 0 radical (unpaired) electrons. The fourth-order valence-electron chi connectivity index (χ4n) is 5.36. The molecule has 202 valence electrons. The number of fused-ring (bicyclic) bond motifs is 1. The number of rotatable bonds is 8. The van der Waals surface area contributed by atoms with E-state index < -0.39 is 0 Å². The van der Waals surface area contributed by atoms with Crippen LogP contribution in [0.1, 0.15) is 53.2 Å². The van der Waals surface area contributed by atoms with Gasteiger partial charge in [0, 0.05) is 23.5 Å². The fourth-order valence-corrected chi connectivity index (χ4v) is 6.41. The van der Waals surface area contributed by atoms with Crippen LogP contribution in [0.4, 0.5) is 5.69 Å². The number of piperidine rings is 1. The number of hydrogen-bond donors (Lipinski definition) is 1. The van der Waals surface area contributed by atoms with Gasteiger partial charge < -0.3 is 15.1 Å². The lowest BCUT2D eigenvalue weighted by Crippen LogP contribution is -2.36. The van der Waals surface area contributed by atoms with Gasteiger partial charge in [-0.25, -0.2) is 0 Å². The summed E-state index contributed by atoms with van der Waals surface area (Å²) in [5, 5.41) is 3.06. The van der Waals surface area contributed by atoms with E-state index in [9.17, 15) is 9.59 Å². The minimum Gasteiger partial charge on any atom is -0.352 e. The van der Waals surface area contributed by atoms with Gasteiger partial charge in [0.2, 0.25) is 0 Å². The highest BCUT2D eigenvalue weighted by Crippen LogP contribution is 2.42. The summed E-state index contributed by atoms with van der Waals surface area (Å²) in [5.41, 5.74) is 4.78. The first-order valence-corrected chi connectivity index (χ1v) is 14.7. The summed E-state index contributed by atoms with van der Waals surface area (Å²) < 4.78 is 0. The first-order valence-electron chi connectivity index (χ1n) is 13.9. The number of benzene rings is 3. The van der Waals surface area contributed by atoms with E-state index in [0.717, 1.165) is 40.6 Å². The molecule has 2 heterocycles. The molecule has 2 amide bonds. The van der Waals surface area contributed by atoms with Crippen LogP contribution in [0.5, 0.6) is 0 Å². The van der Waals surface area contributed by atoms with Crippen molar-refractivity contribution in [2.24, 2.45) is 5.92 Å².